The van der Waals surface area contributed by atoms with Gasteiger partial charge >= 0.3 is 0 Å². The molecule has 0 spiro atoms. The van der Waals surface area contributed by atoms with Crippen LogP contribution >= 0.6 is 0 Å². The summed E-state index contributed by atoms with van der Waals surface area (Å²) in [7, 11) is 0. The molecule has 3 nitrogen and oxygen atoms in total. The van der Waals surface area contributed by atoms with Gasteiger partial charge in [-0.25, -0.2) is 0 Å². The van der Waals surface area contributed by atoms with Crippen molar-refractivity contribution < 1.29 is 5.11 Å². The highest BCUT2D eigenvalue weighted by Gasteiger charge is 2.32. The van der Waals surface area contributed by atoms with Crippen molar-refractivity contribution in [2.75, 3.05) is 13.2 Å². The topological polar surface area (TPSA) is 58.3 Å². The van der Waals surface area contributed by atoms with Crippen LogP contribution in [0.3, 0.4) is 0 Å². The Kier molecular flexibility index (Phi) is 5.03. The molecular formula is C12H26N2O. The number of nitrogens with two attached hydrogens (primary N) is 1. The number of hydrogen-bond acceptors (Lipinski definition) is 3. The Labute approximate surface area is 93.4 Å². The van der Waals surface area contributed by atoms with Crippen LogP contribution in [0.4, 0.5) is 0 Å². The third-order valence-electron chi connectivity index (χ3n) is 3.88. The number of nitrogens with one attached hydrogen (secondary N) is 1. The Bertz CT molecular complexity index is 178. The summed E-state index contributed by atoms with van der Waals surface area (Å²) in [4.78, 5) is 0. The lowest BCUT2D eigenvalue weighted by Crippen LogP contribution is -2.57. The molecule has 15 heavy (non-hydrogen) atoms. The van der Waals surface area contributed by atoms with Crippen molar-refractivity contribution in [3.05, 3.63) is 0 Å². The number of hydrogen-bond donors (Lipinski definition) is 3. The molecule has 2 unspecified atom stereocenters. The second kappa shape index (κ2) is 5.83. The molecule has 0 aromatic rings. The molecule has 0 amide bonds. The molecule has 2 atom stereocenters. The second-order valence-electron chi connectivity index (χ2n) is 5.14. The van der Waals surface area contributed by atoms with Crippen LogP contribution in [0, 0.1) is 5.92 Å². The Morgan fingerprint density at radius 3 is 2.33 bits per heavy atom. The molecule has 1 fully saturated rings. The molecule has 0 bridgehead atoms. The number of rotatable bonds is 5. The van der Waals surface area contributed by atoms with Gasteiger partial charge in [0.1, 0.15) is 0 Å². The van der Waals surface area contributed by atoms with Gasteiger partial charge in [0.15, 0.2) is 0 Å². The van der Waals surface area contributed by atoms with E-state index in [1.54, 1.807) is 0 Å². The minimum atomic E-state index is 0.140. The molecule has 1 rings (SSSR count). The zero-order chi connectivity index (χ0) is 11.3. The number of aliphatic hydroxyl groups excluding tert-OH is 1. The van der Waals surface area contributed by atoms with Crippen LogP contribution in [0.5, 0.6) is 0 Å². The summed E-state index contributed by atoms with van der Waals surface area (Å²) in [6, 6.07) is 0.344. The predicted molar refractivity (Wildman–Crippen MR) is 63.7 cm³/mol. The molecule has 90 valence electrons. The van der Waals surface area contributed by atoms with Crippen LogP contribution in [0.1, 0.15) is 46.0 Å². The molecule has 0 saturated heterocycles. The van der Waals surface area contributed by atoms with E-state index >= 15 is 0 Å². The van der Waals surface area contributed by atoms with Crippen molar-refractivity contribution >= 4 is 0 Å². The highest BCUT2D eigenvalue weighted by molar-refractivity contribution is 4.94. The van der Waals surface area contributed by atoms with E-state index in [2.05, 4.69) is 19.2 Å². The van der Waals surface area contributed by atoms with Crippen molar-refractivity contribution in [2.24, 2.45) is 11.7 Å². The molecule has 1 saturated carbocycles. The SMILES string of the molecule is CC(CO)C(C)NC1(CN)CCCCC1. The molecule has 0 aromatic carbocycles. The highest BCUT2D eigenvalue weighted by Crippen LogP contribution is 2.28. The first-order valence-electron chi connectivity index (χ1n) is 6.22. The van der Waals surface area contributed by atoms with E-state index in [1.807, 2.05) is 0 Å². The molecule has 0 aliphatic heterocycles. The summed E-state index contributed by atoms with van der Waals surface area (Å²) in [6.07, 6.45) is 6.28. The van der Waals surface area contributed by atoms with Gasteiger partial charge < -0.3 is 16.2 Å². The Morgan fingerprint density at radius 2 is 1.87 bits per heavy atom. The zero-order valence-corrected chi connectivity index (χ0v) is 10.1. The van der Waals surface area contributed by atoms with Crippen LogP contribution in [0.2, 0.25) is 0 Å². The van der Waals surface area contributed by atoms with E-state index in [-0.39, 0.29) is 12.1 Å². The standard InChI is InChI=1S/C12H26N2O/c1-10(8-15)11(2)14-12(9-13)6-4-3-5-7-12/h10-11,14-15H,3-9,13H2,1-2H3. The van der Waals surface area contributed by atoms with Gasteiger partial charge in [-0.15, -0.1) is 0 Å². The summed E-state index contributed by atoms with van der Waals surface area (Å²) in [5.41, 5.74) is 6.04. The van der Waals surface area contributed by atoms with Crippen LogP contribution in [0.25, 0.3) is 0 Å². The fraction of sp³-hybridized carbons (Fsp3) is 1.00. The van der Waals surface area contributed by atoms with Crippen molar-refractivity contribution in [1.82, 2.24) is 5.32 Å². The lowest BCUT2D eigenvalue weighted by atomic mass is 9.80. The van der Waals surface area contributed by atoms with Gasteiger partial charge in [-0.2, -0.15) is 0 Å². The molecule has 1 aliphatic carbocycles. The predicted octanol–water partition coefficient (Wildman–Crippen LogP) is 1.25. The van der Waals surface area contributed by atoms with Crippen LogP contribution in [-0.4, -0.2) is 29.8 Å². The third-order valence-corrected chi connectivity index (χ3v) is 3.88. The van der Waals surface area contributed by atoms with E-state index in [0.717, 1.165) is 6.54 Å². The first-order valence-corrected chi connectivity index (χ1v) is 6.22. The third kappa shape index (κ3) is 3.44. The van der Waals surface area contributed by atoms with Crippen molar-refractivity contribution in [1.29, 1.82) is 0 Å². The summed E-state index contributed by atoms with van der Waals surface area (Å²) in [6.45, 7) is 5.18. The molecule has 0 radical (unpaired) electrons. The summed E-state index contributed by atoms with van der Waals surface area (Å²) >= 11 is 0. The van der Waals surface area contributed by atoms with Crippen molar-refractivity contribution in [3.63, 3.8) is 0 Å². The second-order valence-corrected chi connectivity index (χ2v) is 5.14. The normalized spacial score (nSPS) is 24.8. The maximum atomic E-state index is 9.12. The molecule has 0 heterocycles. The van der Waals surface area contributed by atoms with Gasteiger partial charge in [0.2, 0.25) is 0 Å². The monoisotopic (exact) mass is 214 g/mol. The summed E-state index contributed by atoms with van der Waals surface area (Å²) < 4.78 is 0. The van der Waals surface area contributed by atoms with E-state index in [4.69, 9.17) is 10.8 Å². The lowest BCUT2D eigenvalue weighted by Gasteiger charge is -2.40. The van der Waals surface area contributed by atoms with E-state index in [9.17, 15) is 0 Å². The van der Waals surface area contributed by atoms with Gasteiger partial charge in [0, 0.05) is 24.7 Å². The van der Waals surface area contributed by atoms with Crippen LogP contribution in [0.15, 0.2) is 0 Å². The van der Waals surface area contributed by atoms with Gasteiger partial charge in [0.05, 0.1) is 0 Å². The first kappa shape index (κ1) is 12.9. The average Bonchev–Trinajstić information content (AvgIpc) is 2.29. The summed E-state index contributed by atoms with van der Waals surface area (Å²) in [5, 5.41) is 12.8. The number of aliphatic hydroxyl groups is 1. The zero-order valence-electron chi connectivity index (χ0n) is 10.1. The highest BCUT2D eigenvalue weighted by atomic mass is 16.3. The fourth-order valence-corrected chi connectivity index (χ4v) is 2.42. The van der Waals surface area contributed by atoms with Gasteiger partial charge in [-0.1, -0.05) is 26.2 Å². The quantitative estimate of drug-likeness (QED) is 0.645. The molecule has 3 heteroatoms. The minimum Gasteiger partial charge on any atom is -0.396 e. The Hall–Kier alpha value is -0.120. The van der Waals surface area contributed by atoms with Crippen LogP contribution < -0.4 is 11.1 Å². The Balaban J connectivity index is 2.51. The van der Waals surface area contributed by atoms with Gasteiger partial charge in [-0.3, -0.25) is 0 Å². The van der Waals surface area contributed by atoms with E-state index < -0.39 is 0 Å². The van der Waals surface area contributed by atoms with Crippen molar-refractivity contribution in [3.8, 4) is 0 Å². The van der Waals surface area contributed by atoms with Crippen LogP contribution in [-0.2, 0) is 0 Å². The van der Waals surface area contributed by atoms with Crippen molar-refractivity contribution in [2.45, 2.75) is 57.5 Å². The minimum absolute atomic E-state index is 0.140. The van der Waals surface area contributed by atoms with Gasteiger partial charge in [0.25, 0.3) is 0 Å². The smallest absolute Gasteiger partial charge is 0.0471 e. The molecular weight excluding hydrogens is 188 g/mol. The largest absolute Gasteiger partial charge is 0.396 e. The lowest BCUT2D eigenvalue weighted by molar-refractivity contribution is 0.157. The van der Waals surface area contributed by atoms with E-state index in [0.29, 0.717) is 12.0 Å². The molecule has 0 aromatic heterocycles. The van der Waals surface area contributed by atoms with E-state index in [1.165, 1.54) is 32.1 Å². The fourth-order valence-electron chi connectivity index (χ4n) is 2.42. The average molecular weight is 214 g/mol. The maximum absolute atomic E-state index is 9.12. The Morgan fingerprint density at radius 1 is 1.27 bits per heavy atom. The molecule has 4 N–H and O–H groups in total. The van der Waals surface area contributed by atoms with Gasteiger partial charge in [-0.05, 0) is 25.7 Å². The summed E-state index contributed by atoms with van der Waals surface area (Å²) in [5.74, 6) is 0.301. The first-order chi connectivity index (χ1) is 7.13. The molecule has 1 aliphatic rings. The maximum Gasteiger partial charge on any atom is 0.0471 e.